The molecular weight excluding hydrogens is 202 g/mol. The molecule has 0 amide bonds. The zero-order valence-electron chi connectivity index (χ0n) is 10.2. The van der Waals surface area contributed by atoms with Gasteiger partial charge in [-0.3, -0.25) is 9.69 Å². The lowest BCUT2D eigenvalue weighted by Gasteiger charge is -2.34. The average molecular weight is 225 g/mol. The summed E-state index contributed by atoms with van der Waals surface area (Å²) < 4.78 is 0. The van der Waals surface area contributed by atoms with Gasteiger partial charge in [-0.05, 0) is 44.6 Å². The first-order valence-corrected chi connectivity index (χ1v) is 6.72. The van der Waals surface area contributed by atoms with Gasteiger partial charge in [0, 0.05) is 6.04 Å². The number of likely N-dealkylation sites (tertiary alicyclic amines) is 1. The minimum atomic E-state index is -0.595. The Balaban J connectivity index is 2.09. The number of aliphatic carboxylic acids is 1. The third kappa shape index (κ3) is 2.57. The van der Waals surface area contributed by atoms with Gasteiger partial charge < -0.3 is 5.11 Å². The van der Waals surface area contributed by atoms with E-state index in [-0.39, 0.29) is 6.04 Å². The normalized spacial score (nSPS) is 29.7. The van der Waals surface area contributed by atoms with Crippen LogP contribution in [0, 0.1) is 5.92 Å². The quantitative estimate of drug-likeness (QED) is 0.799. The van der Waals surface area contributed by atoms with E-state index in [9.17, 15) is 9.90 Å². The highest BCUT2D eigenvalue weighted by Crippen LogP contribution is 2.37. The Morgan fingerprint density at radius 2 is 2.06 bits per heavy atom. The van der Waals surface area contributed by atoms with E-state index in [0.29, 0.717) is 12.0 Å². The molecule has 92 valence electrons. The second-order valence-corrected chi connectivity index (χ2v) is 5.27. The van der Waals surface area contributed by atoms with Gasteiger partial charge in [0.2, 0.25) is 0 Å². The molecule has 1 saturated carbocycles. The van der Waals surface area contributed by atoms with Gasteiger partial charge in [-0.15, -0.1) is 0 Å². The molecule has 3 nitrogen and oxygen atoms in total. The predicted octanol–water partition coefficient (Wildman–Crippen LogP) is 2.50. The van der Waals surface area contributed by atoms with Crippen LogP contribution in [0.15, 0.2) is 0 Å². The van der Waals surface area contributed by atoms with Crippen molar-refractivity contribution in [1.82, 2.24) is 4.90 Å². The number of carboxylic acid groups (broad SMARTS) is 1. The summed E-state index contributed by atoms with van der Waals surface area (Å²) in [5.41, 5.74) is 0. The maximum atomic E-state index is 11.4. The standard InChI is InChI=1S/C13H23NO2/c1-2-11-6-4-3-5-9-14(11)12(13(15)16)10-7-8-10/h10-12H,2-9H2,1H3,(H,15,16). The molecular formula is C13H23NO2. The number of carbonyl (C=O) groups is 1. The molecule has 1 N–H and O–H groups in total. The Morgan fingerprint density at radius 1 is 1.31 bits per heavy atom. The molecule has 1 aliphatic heterocycles. The van der Waals surface area contributed by atoms with Crippen LogP contribution in [0.5, 0.6) is 0 Å². The van der Waals surface area contributed by atoms with Crippen molar-refractivity contribution in [3.05, 3.63) is 0 Å². The van der Waals surface area contributed by atoms with Crippen LogP contribution >= 0.6 is 0 Å². The van der Waals surface area contributed by atoms with Crippen LogP contribution in [-0.4, -0.2) is 34.6 Å². The van der Waals surface area contributed by atoms with E-state index in [2.05, 4.69) is 11.8 Å². The molecule has 2 atom stereocenters. The van der Waals surface area contributed by atoms with Crippen LogP contribution < -0.4 is 0 Å². The van der Waals surface area contributed by atoms with Crippen molar-refractivity contribution in [3.8, 4) is 0 Å². The van der Waals surface area contributed by atoms with Crippen LogP contribution in [0.25, 0.3) is 0 Å². The number of hydrogen-bond acceptors (Lipinski definition) is 2. The topological polar surface area (TPSA) is 40.5 Å². The van der Waals surface area contributed by atoms with Crippen molar-refractivity contribution >= 4 is 5.97 Å². The number of nitrogens with zero attached hydrogens (tertiary/aromatic N) is 1. The minimum absolute atomic E-state index is 0.192. The van der Waals surface area contributed by atoms with Crippen molar-refractivity contribution in [3.63, 3.8) is 0 Å². The molecule has 3 heteroatoms. The van der Waals surface area contributed by atoms with Gasteiger partial charge in [-0.1, -0.05) is 19.8 Å². The van der Waals surface area contributed by atoms with E-state index >= 15 is 0 Å². The predicted molar refractivity (Wildman–Crippen MR) is 63.4 cm³/mol. The van der Waals surface area contributed by atoms with E-state index in [4.69, 9.17) is 0 Å². The summed E-state index contributed by atoms with van der Waals surface area (Å²) in [6.07, 6.45) is 8.22. The first-order chi connectivity index (χ1) is 7.74. The van der Waals surface area contributed by atoms with Gasteiger partial charge in [0.15, 0.2) is 0 Å². The first kappa shape index (κ1) is 11.9. The van der Waals surface area contributed by atoms with E-state index < -0.39 is 5.97 Å². The summed E-state index contributed by atoms with van der Waals surface area (Å²) in [6.45, 7) is 3.18. The highest BCUT2D eigenvalue weighted by molar-refractivity contribution is 5.74. The maximum Gasteiger partial charge on any atom is 0.321 e. The zero-order chi connectivity index (χ0) is 11.5. The molecule has 0 radical (unpaired) electrons. The second-order valence-electron chi connectivity index (χ2n) is 5.27. The lowest BCUT2D eigenvalue weighted by molar-refractivity contribution is -0.145. The van der Waals surface area contributed by atoms with Gasteiger partial charge in [-0.25, -0.2) is 0 Å². The lowest BCUT2D eigenvalue weighted by Crippen LogP contribution is -2.48. The molecule has 2 unspecified atom stereocenters. The highest BCUT2D eigenvalue weighted by Gasteiger charge is 2.42. The molecule has 1 heterocycles. The van der Waals surface area contributed by atoms with Crippen LogP contribution in [-0.2, 0) is 4.79 Å². The zero-order valence-corrected chi connectivity index (χ0v) is 10.2. The van der Waals surface area contributed by atoms with Crippen molar-refractivity contribution in [1.29, 1.82) is 0 Å². The van der Waals surface area contributed by atoms with Gasteiger partial charge in [0.1, 0.15) is 6.04 Å². The molecule has 0 aromatic heterocycles. The second kappa shape index (κ2) is 5.17. The third-order valence-electron chi connectivity index (χ3n) is 4.07. The van der Waals surface area contributed by atoms with Crippen molar-refractivity contribution in [2.24, 2.45) is 5.92 Å². The average Bonchev–Trinajstić information content (AvgIpc) is 3.05. The minimum Gasteiger partial charge on any atom is -0.480 e. The SMILES string of the molecule is CCC1CCCCCN1C(C(=O)O)C1CC1. The van der Waals surface area contributed by atoms with E-state index in [1.54, 1.807) is 0 Å². The van der Waals surface area contributed by atoms with E-state index in [1.165, 1.54) is 25.7 Å². The van der Waals surface area contributed by atoms with Crippen molar-refractivity contribution in [2.45, 2.75) is 64.0 Å². The van der Waals surface area contributed by atoms with Crippen molar-refractivity contribution in [2.75, 3.05) is 6.54 Å². The Hall–Kier alpha value is -0.570. The Labute approximate surface area is 97.8 Å². The first-order valence-electron chi connectivity index (χ1n) is 6.72. The molecule has 1 aliphatic carbocycles. The summed E-state index contributed by atoms with van der Waals surface area (Å²) in [4.78, 5) is 13.7. The molecule has 0 bridgehead atoms. The molecule has 16 heavy (non-hydrogen) atoms. The van der Waals surface area contributed by atoms with Crippen LogP contribution in [0.2, 0.25) is 0 Å². The molecule has 2 aliphatic rings. The molecule has 2 fully saturated rings. The summed E-state index contributed by atoms with van der Waals surface area (Å²) in [6, 6.07) is 0.312. The largest absolute Gasteiger partial charge is 0.480 e. The van der Waals surface area contributed by atoms with E-state index in [0.717, 1.165) is 25.8 Å². The molecule has 0 spiro atoms. The fourth-order valence-electron chi connectivity index (χ4n) is 3.03. The van der Waals surface area contributed by atoms with Crippen LogP contribution in [0.3, 0.4) is 0 Å². The number of hydrogen-bond donors (Lipinski definition) is 1. The number of rotatable bonds is 4. The molecule has 2 rings (SSSR count). The van der Waals surface area contributed by atoms with Gasteiger partial charge in [0.05, 0.1) is 0 Å². The third-order valence-corrected chi connectivity index (χ3v) is 4.07. The van der Waals surface area contributed by atoms with E-state index in [1.807, 2.05) is 0 Å². The summed E-state index contributed by atoms with van der Waals surface area (Å²) in [5.74, 6) is -0.160. The fraction of sp³-hybridized carbons (Fsp3) is 0.923. The molecule has 1 saturated heterocycles. The fourth-order valence-corrected chi connectivity index (χ4v) is 3.03. The molecule has 0 aromatic carbocycles. The summed E-state index contributed by atoms with van der Waals surface area (Å²) in [5, 5.41) is 9.40. The lowest BCUT2D eigenvalue weighted by atomic mass is 10.0. The monoisotopic (exact) mass is 225 g/mol. The Bertz CT molecular complexity index is 250. The number of carboxylic acids is 1. The highest BCUT2D eigenvalue weighted by atomic mass is 16.4. The van der Waals surface area contributed by atoms with Crippen molar-refractivity contribution < 1.29 is 9.90 Å². The Morgan fingerprint density at radius 3 is 2.62 bits per heavy atom. The Kier molecular flexibility index (Phi) is 3.85. The summed E-state index contributed by atoms with van der Waals surface area (Å²) >= 11 is 0. The smallest absolute Gasteiger partial charge is 0.321 e. The van der Waals surface area contributed by atoms with Gasteiger partial charge in [-0.2, -0.15) is 0 Å². The summed E-state index contributed by atoms with van der Waals surface area (Å²) in [7, 11) is 0. The molecule has 0 aromatic rings. The van der Waals surface area contributed by atoms with Crippen LogP contribution in [0.4, 0.5) is 0 Å². The van der Waals surface area contributed by atoms with Crippen LogP contribution in [0.1, 0.15) is 51.9 Å². The van der Waals surface area contributed by atoms with Gasteiger partial charge in [0.25, 0.3) is 0 Å². The van der Waals surface area contributed by atoms with Gasteiger partial charge >= 0.3 is 5.97 Å². The maximum absolute atomic E-state index is 11.4.